The molecule has 0 saturated carbocycles. The molecular formula is C22H19F2N3O4. The third kappa shape index (κ3) is 4.95. The molecule has 4 rings (SSSR count). The molecule has 2 aromatic heterocycles. The van der Waals surface area contributed by atoms with E-state index in [4.69, 9.17) is 13.9 Å². The Morgan fingerprint density at radius 3 is 2.77 bits per heavy atom. The SMILES string of the molecule is Cc1cc(=O)oc2cc(OCCOC(Cn3cncn3)c3ccc(F)cc3F)ccc12. The molecule has 0 radical (unpaired) electrons. The number of halogens is 2. The van der Waals surface area contributed by atoms with Gasteiger partial charge in [-0.2, -0.15) is 5.10 Å². The van der Waals surface area contributed by atoms with Crippen molar-refractivity contribution in [3.63, 3.8) is 0 Å². The first-order valence-corrected chi connectivity index (χ1v) is 9.56. The molecule has 160 valence electrons. The van der Waals surface area contributed by atoms with Crippen LogP contribution in [0.1, 0.15) is 17.2 Å². The first-order chi connectivity index (χ1) is 15.0. The number of nitrogens with zero attached hydrogens (tertiary/aromatic N) is 3. The van der Waals surface area contributed by atoms with E-state index in [9.17, 15) is 13.6 Å². The van der Waals surface area contributed by atoms with Crippen LogP contribution in [0.15, 0.2) is 64.3 Å². The van der Waals surface area contributed by atoms with Crippen molar-refractivity contribution < 1.29 is 22.7 Å². The molecule has 0 aliphatic rings. The third-order valence-electron chi connectivity index (χ3n) is 4.72. The molecule has 0 fully saturated rings. The van der Waals surface area contributed by atoms with Gasteiger partial charge in [0.05, 0.1) is 13.2 Å². The molecule has 0 saturated heterocycles. The number of aryl methyl sites for hydroxylation is 1. The van der Waals surface area contributed by atoms with E-state index in [1.165, 1.54) is 35.5 Å². The number of rotatable bonds is 8. The smallest absolute Gasteiger partial charge is 0.336 e. The van der Waals surface area contributed by atoms with Gasteiger partial charge in [-0.3, -0.25) is 4.68 Å². The Bertz CT molecular complexity index is 1240. The van der Waals surface area contributed by atoms with Gasteiger partial charge in [-0.15, -0.1) is 0 Å². The fraction of sp³-hybridized carbons (Fsp3) is 0.227. The molecule has 1 atom stereocenters. The average molecular weight is 427 g/mol. The Morgan fingerprint density at radius 2 is 2.00 bits per heavy atom. The standard InChI is InChI=1S/C22H19F2N3O4/c1-14-8-22(28)31-20-10-16(3-5-17(14)20)29-6-7-30-21(11-27-13-25-12-26-27)18-4-2-15(23)9-19(18)24/h2-5,8-10,12-13,21H,6-7,11H2,1H3. The van der Waals surface area contributed by atoms with E-state index >= 15 is 0 Å². The summed E-state index contributed by atoms with van der Waals surface area (Å²) in [4.78, 5) is 15.4. The lowest BCUT2D eigenvalue weighted by atomic mass is 10.1. The summed E-state index contributed by atoms with van der Waals surface area (Å²) in [6.07, 6.45) is 2.13. The highest BCUT2D eigenvalue weighted by Crippen LogP contribution is 2.24. The Morgan fingerprint density at radius 1 is 1.13 bits per heavy atom. The topological polar surface area (TPSA) is 79.4 Å². The second kappa shape index (κ2) is 9.05. The fourth-order valence-corrected chi connectivity index (χ4v) is 3.25. The minimum Gasteiger partial charge on any atom is -0.491 e. The van der Waals surface area contributed by atoms with Crippen molar-refractivity contribution in [3.8, 4) is 5.75 Å². The maximum Gasteiger partial charge on any atom is 0.336 e. The maximum atomic E-state index is 14.3. The van der Waals surface area contributed by atoms with Crippen LogP contribution in [0.4, 0.5) is 8.78 Å². The molecule has 7 nitrogen and oxygen atoms in total. The Labute approximate surface area is 175 Å². The van der Waals surface area contributed by atoms with Crippen LogP contribution >= 0.6 is 0 Å². The summed E-state index contributed by atoms with van der Waals surface area (Å²) in [6, 6.07) is 9.98. The molecule has 0 N–H and O–H groups in total. The Hall–Kier alpha value is -3.59. The highest BCUT2D eigenvalue weighted by atomic mass is 19.1. The predicted octanol–water partition coefficient (Wildman–Crippen LogP) is 3.81. The van der Waals surface area contributed by atoms with Crippen LogP contribution in [0, 0.1) is 18.6 Å². The van der Waals surface area contributed by atoms with E-state index in [2.05, 4.69) is 10.1 Å². The summed E-state index contributed by atoms with van der Waals surface area (Å²) in [5.41, 5.74) is 1.03. The van der Waals surface area contributed by atoms with E-state index in [1.807, 2.05) is 13.0 Å². The number of benzene rings is 2. The molecule has 31 heavy (non-hydrogen) atoms. The predicted molar refractivity (Wildman–Crippen MR) is 108 cm³/mol. The summed E-state index contributed by atoms with van der Waals surface area (Å²) in [5.74, 6) is -0.862. The zero-order chi connectivity index (χ0) is 21.8. The monoisotopic (exact) mass is 427 g/mol. The third-order valence-corrected chi connectivity index (χ3v) is 4.72. The van der Waals surface area contributed by atoms with Gasteiger partial charge in [0.2, 0.25) is 0 Å². The number of hydrogen-bond acceptors (Lipinski definition) is 6. The van der Waals surface area contributed by atoms with E-state index in [-0.39, 0.29) is 25.3 Å². The van der Waals surface area contributed by atoms with Crippen molar-refractivity contribution in [1.82, 2.24) is 14.8 Å². The van der Waals surface area contributed by atoms with E-state index in [0.29, 0.717) is 11.3 Å². The summed E-state index contributed by atoms with van der Waals surface area (Å²) in [7, 11) is 0. The largest absolute Gasteiger partial charge is 0.491 e. The van der Waals surface area contributed by atoms with Crippen LogP contribution in [0.25, 0.3) is 11.0 Å². The van der Waals surface area contributed by atoms with Gasteiger partial charge in [0.1, 0.15) is 48.3 Å². The van der Waals surface area contributed by atoms with Gasteiger partial charge in [0, 0.05) is 29.1 Å². The van der Waals surface area contributed by atoms with Gasteiger partial charge < -0.3 is 13.9 Å². The molecule has 0 spiro atoms. The molecule has 0 aliphatic heterocycles. The van der Waals surface area contributed by atoms with Gasteiger partial charge in [0.25, 0.3) is 0 Å². The van der Waals surface area contributed by atoms with Gasteiger partial charge in [-0.1, -0.05) is 6.07 Å². The zero-order valence-electron chi connectivity index (χ0n) is 16.6. The Kier molecular flexibility index (Phi) is 6.03. The molecule has 2 heterocycles. The van der Waals surface area contributed by atoms with Gasteiger partial charge >= 0.3 is 5.63 Å². The zero-order valence-corrected chi connectivity index (χ0v) is 16.6. The highest BCUT2D eigenvalue weighted by molar-refractivity contribution is 5.81. The summed E-state index contributed by atoms with van der Waals surface area (Å²) < 4.78 is 45.8. The first-order valence-electron chi connectivity index (χ1n) is 9.56. The lowest BCUT2D eigenvalue weighted by molar-refractivity contribution is 0.0186. The second-order valence-electron chi connectivity index (χ2n) is 6.90. The number of hydrogen-bond donors (Lipinski definition) is 0. The van der Waals surface area contributed by atoms with Crippen LogP contribution in [-0.2, 0) is 11.3 Å². The highest BCUT2D eigenvalue weighted by Gasteiger charge is 2.18. The molecule has 4 aromatic rings. The number of aromatic nitrogens is 3. The summed E-state index contributed by atoms with van der Waals surface area (Å²) in [6.45, 7) is 2.32. The molecular weight excluding hydrogens is 408 g/mol. The van der Waals surface area contributed by atoms with Gasteiger partial charge in [0.15, 0.2) is 0 Å². The van der Waals surface area contributed by atoms with Crippen LogP contribution in [0.2, 0.25) is 0 Å². The van der Waals surface area contributed by atoms with E-state index < -0.39 is 23.4 Å². The van der Waals surface area contributed by atoms with Crippen molar-refractivity contribution in [3.05, 3.63) is 88.3 Å². The minimum atomic E-state index is -0.719. The molecule has 1 unspecified atom stereocenters. The summed E-state index contributed by atoms with van der Waals surface area (Å²) in [5, 5.41) is 4.83. The molecule has 0 amide bonds. The quantitative estimate of drug-likeness (QED) is 0.314. The second-order valence-corrected chi connectivity index (χ2v) is 6.90. The fourth-order valence-electron chi connectivity index (χ4n) is 3.25. The maximum absolute atomic E-state index is 14.3. The minimum absolute atomic E-state index is 0.131. The molecule has 0 aliphatic carbocycles. The van der Waals surface area contributed by atoms with Gasteiger partial charge in [-0.25, -0.2) is 18.6 Å². The van der Waals surface area contributed by atoms with E-state index in [0.717, 1.165) is 17.0 Å². The van der Waals surface area contributed by atoms with Crippen molar-refractivity contribution in [2.24, 2.45) is 0 Å². The van der Waals surface area contributed by atoms with E-state index in [1.54, 1.807) is 12.1 Å². The normalized spacial score (nSPS) is 12.2. The van der Waals surface area contributed by atoms with Crippen LogP contribution < -0.4 is 10.4 Å². The molecule has 2 aromatic carbocycles. The van der Waals surface area contributed by atoms with Crippen molar-refractivity contribution in [2.75, 3.05) is 13.2 Å². The van der Waals surface area contributed by atoms with Gasteiger partial charge in [-0.05, 0) is 30.7 Å². The average Bonchev–Trinajstić information content (AvgIpc) is 3.23. The van der Waals surface area contributed by atoms with Crippen LogP contribution in [0.3, 0.4) is 0 Å². The Balaban J connectivity index is 1.42. The van der Waals surface area contributed by atoms with Crippen molar-refractivity contribution in [2.45, 2.75) is 19.6 Å². The van der Waals surface area contributed by atoms with Crippen LogP contribution in [0.5, 0.6) is 5.75 Å². The lowest BCUT2D eigenvalue weighted by Crippen LogP contribution is -2.18. The molecule has 9 heteroatoms. The van der Waals surface area contributed by atoms with Crippen molar-refractivity contribution in [1.29, 1.82) is 0 Å². The number of fused-ring (bicyclic) bond motifs is 1. The van der Waals surface area contributed by atoms with Crippen LogP contribution in [-0.4, -0.2) is 28.0 Å². The number of ether oxygens (including phenoxy) is 2. The van der Waals surface area contributed by atoms with Crippen molar-refractivity contribution >= 4 is 11.0 Å². The summed E-state index contributed by atoms with van der Waals surface area (Å²) >= 11 is 0. The lowest BCUT2D eigenvalue weighted by Gasteiger charge is -2.19. The first kappa shape index (κ1) is 20.7. The molecule has 0 bridgehead atoms.